The van der Waals surface area contributed by atoms with Gasteiger partial charge >= 0.3 is 6.09 Å². The fourth-order valence-electron chi connectivity index (χ4n) is 2.59. The number of hydrogen-bond acceptors (Lipinski definition) is 3. The first-order chi connectivity index (χ1) is 7.24. The van der Waals surface area contributed by atoms with Crippen molar-refractivity contribution in [3.05, 3.63) is 0 Å². The highest BCUT2D eigenvalue weighted by Crippen LogP contribution is 2.35. The summed E-state index contributed by atoms with van der Waals surface area (Å²) < 4.78 is 4.72. The van der Waals surface area contributed by atoms with Crippen LogP contribution in [0.3, 0.4) is 0 Å². The van der Waals surface area contributed by atoms with Crippen LogP contribution in [0.15, 0.2) is 0 Å². The lowest BCUT2D eigenvalue weighted by atomic mass is 9.78. The standard InChI is InChI=1S/C11H19NO3/c1-15-11(14)12-7-3-6-9(12)10(13)8-4-2-5-8/h8-10,13H,2-7H2,1H3. The van der Waals surface area contributed by atoms with Gasteiger partial charge in [-0.15, -0.1) is 0 Å². The normalized spacial score (nSPS) is 28.7. The Labute approximate surface area is 90.2 Å². The molecule has 1 saturated carbocycles. The molecule has 0 aromatic rings. The molecule has 86 valence electrons. The van der Waals surface area contributed by atoms with E-state index in [1.54, 1.807) is 4.90 Å². The quantitative estimate of drug-likeness (QED) is 0.754. The number of likely N-dealkylation sites (tertiary alicyclic amines) is 1. The van der Waals surface area contributed by atoms with Gasteiger partial charge in [-0.05, 0) is 31.6 Å². The third-order valence-corrected chi connectivity index (χ3v) is 3.74. The maximum Gasteiger partial charge on any atom is 0.409 e. The molecule has 1 saturated heterocycles. The molecule has 2 fully saturated rings. The summed E-state index contributed by atoms with van der Waals surface area (Å²) in [6.45, 7) is 0.723. The average molecular weight is 213 g/mol. The highest BCUT2D eigenvalue weighted by Gasteiger charge is 2.39. The molecule has 2 atom stereocenters. The van der Waals surface area contributed by atoms with E-state index < -0.39 is 0 Å². The van der Waals surface area contributed by atoms with E-state index in [1.165, 1.54) is 13.5 Å². The van der Waals surface area contributed by atoms with Gasteiger partial charge in [-0.2, -0.15) is 0 Å². The number of ether oxygens (including phenoxy) is 1. The minimum absolute atomic E-state index is 0.0113. The van der Waals surface area contributed by atoms with Crippen molar-refractivity contribution in [2.45, 2.75) is 44.2 Å². The van der Waals surface area contributed by atoms with Crippen molar-refractivity contribution >= 4 is 6.09 Å². The molecule has 1 aliphatic carbocycles. The van der Waals surface area contributed by atoms with E-state index in [4.69, 9.17) is 4.74 Å². The van der Waals surface area contributed by atoms with Gasteiger partial charge in [-0.25, -0.2) is 4.79 Å². The summed E-state index contributed by atoms with van der Waals surface area (Å²) in [5.41, 5.74) is 0. The van der Waals surface area contributed by atoms with Crippen LogP contribution in [0.1, 0.15) is 32.1 Å². The van der Waals surface area contributed by atoms with Crippen LogP contribution in [0.5, 0.6) is 0 Å². The smallest absolute Gasteiger partial charge is 0.409 e. The molecule has 2 rings (SSSR count). The molecular weight excluding hydrogens is 194 g/mol. The molecule has 1 heterocycles. The van der Waals surface area contributed by atoms with Crippen molar-refractivity contribution in [2.75, 3.05) is 13.7 Å². The van der Waals surface area contributed by atoms with Gasteiger partial charge in [0.15, 0.2) is 0 Å². The van der Waals surface area contributed by atoms with E-state index in [1.807, 2.05) is 0 Å². The number of hydrogen-bond donors (Lipinski definition) is 1. The number of methoxy groups -OCH3 is 1. The van der Waals surface area contributed by atoms with Crippen LogP contribution in [-0.4, -0.2) is 41.9 Å². The summed E-state index contributed by atoms with van der Waals surface area (Å²) in [7, 11) is 1.40. The SMILES string of the molecule is COC(=O)N1CCCC1C(O)C1CCC1. The molecule has 2 unspecified atom stereocenters. The Kier molecular flexibility index (Phi) is 3.14. The largest absolute Gasteiger partial charge is 0.453 e. The predicted octanol–water partition coefficient (Wildman–Crippen LogP) is 1.38. The molecule has 1 aliphatic heterocycles. The van der Waals surface area contributed by atoms with Crippen molar-refractivity contribution in [3.8, 4) is 0 Å². The zero-order valence-electron chi connectivity index (χ0n) is 9.19. The molecule has 4 nitrogen and oxygen atoms in total. The van der Waals surface area contributed by atoms with Gasteiger partial charge in [0.1, 0.15) is 0 Å². The Balaban J connectivity index is 1.96. The number of carbonyl (C=O) groups is 1. The Morgan fingerprint density at radius 2 is 2.13 bits per heavy atom. The lowest BCUT2D eigenvalue weighted by Gasteiger charge is -2.36. The minimum atomic E-state index is -0.347. The molecule has 0 aromatic heterocycles. The van der Waals surface area contributed by atoms with Crippen LogP contribution in [0.25, 0.3) is 0 Å². The lowest BCUT2D eigenvalue weighted by molar-refractivity contribution is 0.000180. The number of rotatable bonds is 2. The Hall–Kier alpha value is -0.770. The topological polar surface area (TPSA) is 49.8 Å². The van der Waals surface area contributed by atoms with Crippen LogP contribution >= 0.6 is 0 Å². The molecule has 0 bridgehead atoms. The van der Waals surface area contributed by atoms with Crippen molar-refractivity contribution < 1.29 is 14.6 Å². The summed E-state index contributed by atoms with van der Waals surface area (Å²) in [6.07, 6.45) is 4.67. The molecule has 1 N–H and O–H groups in total. The fraction of sp³-hybridized carbons (Fsp3) is 0.909. The predicted molar refractivity (Wildman–Crippen MR) is 55.5 cm³/mol. The Morgan fingerprint density at radius 1 is 1.40 bits per heavy atom. The monoisotopic (exact) mass is 213 g/mol. The van der Waals surface area contributed by atoms with E-state index in [2.05, 4.69) is 0 Å². The van der Waals surface area contributed by atoms with E-state index in [-0.39, 0.29) is 18.2 Å². The van der Waals surface area contributed by atoms with Gasteiger partial charge in [0, 0.05) is 6.54 Å². The molecule has 2 aliphatic rings. The molecule has 15 heavy (non-hydrogen) atoms. The zero-order chi connectivity index (χ0) is 10.8. The van der Waals surface area contributed by atoms with E-state index in [0.29, 0.717) is 5.92 Å². The Morgan fingerprint density at radius 3 is 2.67 bits per heavy atom. The second-order valence-electron chi connectivity index (χ2n) is 4.55. The van der Waals surface area contributed by atoms with Gasteiger partial charge in [0.05, 0.1) is 19.3 Å². The van der Waals surface area contributed by atoms with Crippen LogP contribution in [0.4, 0.5) is 4.79 Å². The third kappa shape index (κ3) is 1.95. The second kappa shape index (κ2) is 4.39. The number of nitrogens with zero attached hydrogens (tertiary/aromatic N) is 1. The molecule has 4 heteroatoms. The first-order valence-electron chi connectivity index (χ1n) is 5.76. The van der Waals surface area contributed by atoms with Crippen molar-refractivity contribution in [1.29, 1.82) is 0 Å². The van der Waals surface area contributed by atoms with Gasteiger partial charge < -0.3 is 14.7 Å². The first kappa shape index (κ1) is 10.7. The highest BCUT2D eigenvalue weighted by atomic mass is 16.5. The number of amides is 1. The average Bonchev–Trinajstić information content (AvgIpc) is 2.62. The molecule has 0 aromatic carbocycles. The van der Waals surface area contributed by atoms with Crippen LogP contribution in [-0.2, 0) is 4.74 Å². The molecule has 0 radical (unpaired) electrons. The number of aliphatic hydroxyl groups is 1. The van der Waals surface area contributed by atoms with Gasteiger partial charge in [0.2, 0.25) is 0 Å². The summed E-state index contributed by atoms with van der Waals surface area (Å²) >= 11 is 0. The number of aliphatic hydroxyl groups excluding tert-OH is 1. The maximum absolute atomic E-state index is 11.5. The Bertz CT molecular complexity index is 240. The van der Waals surface area contributed by atoms with Crippen LogP contribution in [0.2, 0.25) is 0 Å². The second-order valence-corrected chi connectivity index (χ2v) is 4.55. The zero-order valence-corrected chi connectivity index (χ0v) is 9.19. The lowest BCUT2D eigenvalue weighted by Crippen LogP contribution is -2.47. The highest BCUT2D eigenvalue weighted by molar-refractivity contribution is 5.68. The van der Waals surface area contributed by atoms with Crippen molar-refractivity contribution in [1.82, 2.24) is 4.90 Å². The fourth-order valence-corrected chi connectivity index (χ4v) is 2.59. The first-order valence-corrected chi connectivity index (χ1v) is 5.76. The summed E-state index contributed by atoms with van der Waals surface area (Å²) in [5, 5.41) is 10.1. The number of carbonyl (C=O) groups excluding carboxylic acids is 1. The van der Waals surface area contributed by atoms with Gasteiger partial charge in [-0.3, -0.25) is 0 Å². The minimum Gasteiger partial charge on any atom is -0.453 e. The van der Waals surface area contributed by atoms with Crippen molar-refractivity contribution in [2.24, 2.45) is 5.92 Å². The van der Waals surface area contributed by atoms with Crippen molar-refractivity contribution in [3.63, 3.8) is 0 Å². The van der Waals surface area contributed by atoms with E-state index >= 15 is 0 Å². The maximum atomic E-state index is 11.5. The van der Waals surface area contributed by atoms with E-state index in [9.17, 15) is 9.90 Å². The summed E-state index contributed by atoms with van der Waals surface area (Å²) in [6, 6.07) is -0.0113. The van der Waals surface area contributed by atoms with E-state index in [0.717, 1.165) is 32.2 Å². The van der Waals surface area contributed by atoms with Crippen LogP contribution in [0, 0.1) is 5.92 Å². The van der Waals surface area contributed by atoms with Crippen LogP contribution < -0.4 is 0 Å². The molecular formula is C11H19NO3. The molecule has 0 spiro atoms. The van der Waals surface area contributed by atoms with Gasteiger partial charge in [0.25, 0.3) is 0 Å². The summed E-state index contributed by atoms with van der Waals surface area (Å²) in [4.78, 5) is 13.1. The van der Waals surface area contributed by atoms with Gasteiger partial charge in [-0.1, -0.05) is 6.42 Å². The summed E-state index contributed by atoms with van der Waals surface area (Å²) in [5.74, 6) is 0.403. The molecule has 1 amide bonds. The third-order valence-electron chi connectivity index (χ3n) is 3.74.